The summed E-state index contributed by atoms with van der Waals surface area (Å²) in [6.07, 6.45) is 7.40. The molecule has 6 nitrogen and oxygen atoms in total. The van der Waals surface area contributed by atoms with E-state index in [2.05, 4.69) is 54.0 Å². The number of fused-ring (bicyclic) bond motifs is 1. The molecule has 2 aromatic carbocycles. The van der Waals surface area contributed by atoms with Crippen LogP contribution in [0.5, 0.6) is 0 Å². The number of benzene rings is 2. The second-order valence-electron chi connectivity index (χ2n) is 10.4. The fraction of sp³-hybridized carbons (Fsp3) is 0.312. The molecule has 0 bridgehead atoms. The molecular weight excluding hydrogens is 474 g/mol. The van der Waals surface area contributed by atoms with Crippen LogP contribution < -0.4 is 0 Å². The van der Waals surface area contributed by atoms with Crippen molar-refractivity contribution in [3.05, 3.63) is 101 Å². The first kappa shape index (κ1) is 24.3. The Kier molecular flexibility index (Phi) is 6.62. The predicted molar refractivity (Wildman–Crippen MR) is 148 cm³/mol. The molecule has 0 saturated carbocycles. The van der Waals surface area contributed by atoms with E-state index in [1.54, 1.807) is 17.0 Å². The van der Waals surface area contributed by atoms with Gasteiger partial charge in [-0.25, -0.2) is 0 Å². The van der Waals surface area contributed by atoms with Crippen LogP contribution in [0.3, 0.4) is 0 Å². The third-order valence-corrected chi connectivity index (χ3v) is 7.86. The van der Waals surface area contributed by atoms with Gasteiger partial charge in [0.15, 0.2) is 5.76 Å². The average molecular weight is 508 g/mol. The van der Waals surface area contributed by atoms with Gasteiger partial charge < -0.3 is 18.8 Å². The zero-order chi connectivity index (χ0) is 26.1. The maximum absolute atomic E-state index is 13.3. The largest absolute Gasteiger partial charge is 0.459 e. The monoisotopic (exact) mass is 507 g/mol. The highest BCUT2D eigenvalue weighted by Gasteiger charge is 2.27. The van der Waals surface area contributed by atoms with Crippen LogP contribution in [0, 0.1) is 6.92 Å². The van der Waals surface area contributed by atoms with Crippen molar-refractivity contribution in [2.75, 3.05) is 26.2 Å². The van der Waals surface area contributed by atoms with Crippen molar-refractivity contribution in [3.8, 4) is 16.9 Å². The van der Waals surface area contributed by atoms with Gasteiger partial charge in [0, 0.05) is 43.1 Å². The molecule has 194 valence electrons. The lowest BCUT2D eigenvalue weighted by Gasteiger charge is -2.34. The number of hydrogen-bond acceptors (Lipinski definition) is 3. The molecule has 6 rings (SSSR count). The summed E-state index contributed by atoms with van der Waals surface area (Å²) in [6.45, 7) is 4.13. The average Bonchev–Trinajstić information content (AvgIpc) is 3.56. The molecule has 4 aromatic rings. The summed E-state index contributed by atoms with van der Waals surface area (Å²) in [5.41, 5.74) is 8.29. The molecule has 2 aliphatic rings. The third kappa shape index (κ3) is 4.67. The first-order valence-corrected chi connectivity index (χ1v) is 13.6. The first-order chi connectivity index (χ1) is 18.6. The molecule has 1 saturated heterocycles. The number of hydrogen-bond donors (Lipinski definition) is 0. The van der Waals surface area contributed by atoms with E-state index in [0.29, 0.717) is 37.5 Å². The molecule has 0 spiro atoms. The van der Waals surface area contributed by atoms with Crippen LogP contribution in [0.4, 0.5) is 0 Å². The van der Waals surface area contributed by atoms with Crippen molar-refractivity contribution in [2.45, 2.75) is 39.0 Å². The highest BCUT2D eigenvalue weighted by Crippen LogP contribution is 2.33. The van der Waals surface area contributed by atoms with Gasteiger partial charge in [-0.2, -0.15) is 0 Å². The topological polar surface area (TPSA) is 58.7 Å². The van der Waals surface area contributed by atoms with E-state index < -0.39 is 0 Å². The van der Waals surface area contributed by atoms with Gasteiger partial charge in [0.25, 0.3) is 11.8 Å². The van der Waals surface area contributed by atoms with Gasteiger partial charge >= 0.3 is 0 Å². The number of rotatable bonds is 4. The lowest BCUT2D eigenvalue weighted by Crippen LogP contribution is -2.50. The highest BCUT2D eigenvalue weighted by atomic mass is 16.3. The Bertz CT molecular complexity index is 1420. The predicted octanol–water partition coefficient (Wildman–Crippen LogP) is 5.91. The molecule has 38 heavy (non-hydrogen) atoms. The molecule has 1 aliphatic carbocycles. The van der Waals surface area contributed by atoms with Crippen LogP contribution >= 0.6 is 0 Å². The van der Waals surface area contributed by atoms with Crippen molar-refractivity contribution >= 4 is 11.8 Å². The van der Waals surface area contributed by atoms with Crippen LogP contribution in [0.1, 0.15) is 57.0 Å². The summed E-state index contributed by atoms with van der Waals surface area (Å²) >= 11 is 0. The summed E-state index contributed by atoms with van der Waals surface area (Å²) in [6, 6.07) is 22.5. The van der Waals surface area contributed by atoms with E-state index in [0.717, 1.165) is 18.5 Å². The zero-order valence-electron chi connectivity index (χ0n) is 21.9. The van der Waals surface area contributed by atoms with Crippen LogP contribution in [0.25, 0.3) is 16.9 Å². The quantitative estimate of drug-likeness (QED) is 0.323. The minimum atomic E-state index is -0.123. The maximum Gasteiger partial charge on any atom is 0.289 e. The van der Waals surface area contributed by atoms with E-state index in [-0.39, 0.29) is 11.8 Å². The van der Waals surface area contributed by atoms with Gasteiger partial charge in [-0.1, -0.05) is 36.2 Å². The molecule has 6 heteroatoms. The summed E-state index contributed by atoms with van der Waals surface area (Å²) in [5.74, 6) is 0.224. The normalized spacial score (nSPS) is 15.7. The summed E-state index contributed by atoms with van der Waals surface area (Å²) in [5, 5.41) is 0. The lowest BCUT2D eigenvalue weighted by molar-refractivity contribution is 0.0518. The summed E-state index contributed by atoms with van der Waals surface area (Å²) in [7, 11) is 0. The Morgan fingerprint density at radius 2 is 1.45 bits per heavy atom. The molecule has 2 amide bonds. The number of carbonyl (C=O) groups excluding carboxylic acids is 2. The van der Waals surface area contributed by atoms with Crippen molar-refractivity contribution in [1.29, 1.82) is 0 Å². The van der Waals surface area contributed by atoms with Gasteiger partial charge in [-0.3, -0.25) is 9.59 Å². The SMILES string of the molecule is Cc1ccc(-c2cc3c(n2-c2ccc(C(=O)N4CCN(C(=O)c5ccco5)CC4)cc2)CCCCC3)cc1. The fourth-order valence-corrected chi connectivity index (χ4v) is 5.71. The fourth-order valence-electron chi connectivity index (χ4n) is 5.71. The van der Waals surface area contributed by atoms with Crippen LogP contribution in [-0.4, -0.2) is 52.4 Å². The smallest absolute Gasteiger partial charge is 0.289 e. The van der Waals surface area contributed by atoms with Crippen molar-refractivity contribution < 1.29 is 14.0 Å². The van der Waals surface area contributed by atoms with Crippen LogP contribution in [0.2, 0.25) is 0 Å². The van der Waals surface area contributed by atoms with E-state index in [9.17, 15) is 9.59 Å². The second-order valence-corrected chi connectivity index (χ2v) is 10.4. The molecule has 0 unspecified atom stereocenters. The van der Waals surface area contributed by atoms with E-state index in [1.807, 2.05) is 17.0 Å². The Balaban J connectivity index is 1.22. The zero-order valence-corrected chi connectivity index (χ0v) is 21.9. The maximum atomic E-state index is 13.3. The minimum absolute atomic E-state index is 0.00624. The van der Waals surface area contributed by atoms with Crippen molar-refractivity contribution in [2.24, 2.45) is 0 Å². The molecule has 1 aliphatic heterocycles. The Morgan fingerprint density at radius 3 is 2.13 bits per heavy atom. The Morgan fingerprint density at radius 1 is 0.763 bits per heavy atom. The highest BCUT2D eigenvalue weighted by molar-refractivity contribution is 5.95. The number of furan rings is 1. The molecule has 2 aromatic heterocycles. The molecule has 0 atom stereocenters. The van der Waals surface area contributed by atoms with Crippen LogP contribution in [0.15, 0.2) is 77.4 Å². The Hall–Kier alpha value is -4.06. The van der Waals surface area contributed by atoms with Gasteiger partial charge in [0.05, 0.1) is 12.0 Å². The number of piperazine rings is 1. The molecular formula is C32H33N3O3. The van der Waals surface area contributed by atoms with Gasteiger partial charge in [0.2, 0.25) is 0 Å². The van der Waals surface area contributed by atoms with Crippen LogP contribution in [-0.2, 0) is 12.8 Å². The van der Waals surface area contributed by atoms with E-state index >= 15 is 0 Å². The number of nitrogens with zero attached hydrogens (tertiary/aromatic N) is 3. The Labute approximate surface area is 223 Å². The molecule has 0 N–H and O–H groups in total. The summed E-state index contributed by atoms with van der Waals surface area (Å²) in [4.78, 5) is 29.4. The third-order valence-electron chi connectivity index (χ3n) is 7.86. The molecule has 3 heterocycles. The van der Waals surface area contributed by atoms with Gasteiger partial charge in [-0.15, -0.1) is 0 Å². The number of aryl methyl sites for hydroxylation is 2. The standard InChI is InChI=1S/C32H33N3O3/c1-23-9-11-24(12-10-23)29-22-26-6-3-2-4-7-28(26)35(29)27-15-13-25(14-16-27)31(36)33-17-19-34(20-18-33)32(37)30-8-5-21-38-30/h5,8-16,21-22H,2-4,6-7,17-20H2,1H3. The van der Waals surface area contributed by atoms with E-state index in [4.69, 9.17) is 4.42 Å². The second kappa shape index (κ2) is 10.4. The van der Waals surface area contributed by atoms with Crippen molar-refractivity contribution in [3.63, 3.8) is 0 Å². The van der Waals surface area contributed by atoms with E-state index in [1.165, 1.54) is 53.6 Å². The van der Waals surface area contributed by atoms with Gasteiger partial charge in [0.1, 0.15) is 0 Å². The number of carbonyl (C=O) groups is 2. The number of aromatic nitrogens is 1. The lowest BCUT2D eigenvalue weighted by atomic mass is 10.1. The molecule has 1 fully saturated rings. The summed E-state index contributed by atoms with van der Waals surface area (Å²) < 4.78 is 7.64. The molecule has 0 radical (unpaired) electrons. The van der Waals surface area contributed by atoms with Crippen molar-refractivity contribution in [1.82, 2.24) is 14.4 Å². The first-order valence-electron chi connectivity index (χ1n) is 13.6. The minimum Gasteiger partial charge on any atom is -0.459 e. The number of amides is 2. The van der Waals surface area contributed by atoms with Gasteiger partial charge in [-0.05, 0) is 86.2 Å².